The second-order valence-corrected chi connectivity index (χ2v) is 6.63. The number of nitrogens with one attached hydrogen (secondary N) is 2. The molecule has 2 aromatic carbocycles. The highest BCUT2D eigenvalue weighted by molar-refractivity contribution is 5.89. The molecule has 3 aromatic rings. The van der Waals surface area contributed by atoms with E-state index in [1.54, 1.807) is 6.20 Å². The summed E-state index contributed by atoms with van der Waals surface area (Å²) in [6, 6.07) is 18.2. The molecular formula is C22H23N3O. The van der Waals surface area contributed by atoms with Gasteiger partial charge in [-0.15, -0.1) is 0 Å². The quantitative estimate of drug-likeness (QED) is 0.635. The molecule has 0 aliphatic rings. The van der Waals surface area contributed by atoms with Gasteiger partial charge in [-0.05, 0) is 47.4 Å². The minimum absolute atomic E-state index is 0.0828. The first kappa shape index (κ1) is 17.7. The minimum atomic E-state index is -0.0828. The summed E-state index contributed by atoms with van der Waals surface area (Å²) in [5.41, 5.74) is 6.03. The van der Waals surface area contributed by atoms with Crippen molar-refractivity contribution in [2.75, 3.05) is 10.6 Å². The standard InChI is InChI=1S/C22H23N3O/c1-15(2)17-7-9-20(10-8-17)25-22-12-19(13-23-14-22)18-5-4-6-21(11-18)24-16(3)26/h4-15,25H,1-3H3,(H,24,26). The molecule has 0 spiro atoms. The predicted molar refractivity (Wildman–Crippen MR) is 108 cm³/mol. The molecule has 1 amide bonds. The van der Waals surface area contributed by atoms with Crippen LogP contribution in [0.5, 0.6) is 0 Å². The predicted octanol–water partition coefficient (Wildman–Crippen LogP) is 5.57. The van der Waals surface area contributed by atoms with E-state index in [2.05, 4.69) is 59.8 Å². The van der Waals surface area contributed by atoms with Crippen LogP contribution in [-0.2, 0) is 4.79 Å². The Morgan fingerprint density at radius 3 is 2.31 bits per heavy atom. The van der Waals surface area contributed by atoms with Crippen LogP contribution in [0.1, 0.15) is 32.3 Å². The molecule has 0 fully saturated rings. The molecular weight excluding hydrogens is 322 g/mol. The number of amides is 1. The highest BCUT2D eigenvalue weighted by Crippen LogP contribution is 2.26. The van der Waals surface area contributed by atoms with Gasteiger partial charge in [-0.25, -0.2) is 0 Å². The largest absolute Gasteiger partial charge is 0.354 e. The maximum absolute atomic E-state index is 11.3. The second-order valence-electron chi connectivity index (χ2n) is 6.63. The van der Waals surface area contributed by atoms with Gasteiger partial charge in [0.1, 0.15) is 0 Å². The Bertz CT molecular complexity index is 901. The van der Waals surface area contributed by atoms with E-state index < -0.39 is 0 Å². The summed E-state index contributed by atoms with van der Waals surface area (Å²) in [6.07, 6.45) is 3.62. The van der Waals surface area contributed by atoms with E-state index in [4.69, 9.17) is 0 Å². The monoisotopic (exact) mass is 345 g/mol. The van der Waals surface area contributed by atoms with Crippen LogP contribution in [0.3, 0.4) is 0 Å². The maximum atomic E-state index is 11.3. The van der Waals surface area contributed by atoms with Gasteiger partial charge in [0.15, 0.2) is 0 Å². The first-order chi connectivity index (χ1) is 12.5. The van der Waals surface area contributed by atoms with Crippen LogP contribution in [0.4, 0.5) is 17.1 Å². The zero-order chi connectivity index (χ0) is 18.5. The van der Waals surface area contributed by atoms with Gasteiger partial charge in [-0.1, -0.05) is 38.1 Å². The van der Waals surface area contributed by atoms with Crippen molar-refractivity contribution in [3.05, 3.63) is 72.6 Å². The van der Waals surface area contributed by atoms with Gasteiger partial charge in [0, 0.05) is 30.1 Å². The number of carbonyl (C=O) groups is 1. The second kappa shape index (κ2) is 7.83. The molecule has 0 aliphatic heterocycles. The molecule has 0 unspecified atom stereocenters. The third kappa shape index (κ3) is 4.48. The summed E-state index contributed by atoms with van der Waals surface area (Å²) in [5.74, 6) is 0.436. The van der Waals surface area contributed by atoms with Gasteiger partial charge in [-0.2, -0.15) is 0 Å². The van der Waals surface area contributed by atoms with E-state index >= 15 is 0 Å². The molecule has 4 nitrogen and oxygen atoms in total. The average molecular weight is 345 g/mol. The van der Waals surface area contributed by atoms with Crippen molar-refractivity contribution in [1.82, 2.24) is 4.98 Å². The zero-order valence-electron chi connectivity index (χ0n) is 15.3. The number of aromatic nitrogens is 1. The van der Waals surface area contributed by atoms with Crippen molar-refractivity contribution in [1.29, 1.82) is 0 Å². The molecule has 0 atom stereocenters. The van der Waals surface area contributed by atoms with Crippen molar-refractivity contribution in [2.45, 2.75) is 26.7 Å². The van der Waals surface area contributed by atoms with Gasteiger partial charge < -0.3 is 10.6 Å². The van der Waals surface area contributed by atoms with Crippen LogP contribution >= 0.6 is 0 Å². The normalized spacial score (nSPS) is 10.6. The summed E-state index contributed by atoms with van der Waals surface area (Å²) >= 11 is 0. The van der Waals surface area contributed by atoms with Crippen molar-refractivity contribution in [3.8, 4) is 11.1 Å². The topological polar surface area (TPSA) is 54.0 Å². The fourth-order valence-electron chi connectivity index (χ4n) is 2.76. The third-order valence-corrected chi connectivity index (χ3v) is 4.12. The smallest absolute Gasteiger partial charge is 0.221 e. The van der Waals surface area contributed by atoms with Crippen LogP contribution in [0.15, 0.2) is 67.0 Å². The number of rotatable bonds is 5. The van der Waals surface area contributed by atoms with Crippen molar-refractivity contribution >= 4 is 23.0 Å². The number of hydrogen-bond donors (Lipinski definition) is 2. The Morgan fingerprint density at radius 2 is 1.62 bits per heavy atom. The molecule has 4 heteroatoms. The lowest BCUT2D eigenvalue weighted by atomic mass is 10.0. The molecule has 1 aromatic heterocycles. The number of anilines is 3. The number of hydrogen-bond acceptors (Lipinski definition) is 3. The molecule has 132 valence electrons. The van der Waals surface area contributed by atoms with Crippen LogP contribution in [-0.4, -0.2) is 10.9 Å². The van der Waals surface area contributed by atoms with E-state index in [1.165, 1.54) is 12.5 Å². The fraction of sp³-hybridized carbons (Fsp3) is 0.182. The summed E-state index contributed by atoms with van der Waals surface area (Å²) in [7, 11) is 0. The van der Waals surface area contributed by atoms with Gasteiger partial charge in [0.05, 0.1) is 11.9 Å². The average Bonchev–Trinajstić information content (AvgIpc) is 2.62. The number of pyridine rings is 1. The zero-order valence-corrected chi connectivity index (χ0v) is 15.3. The van der Waals surface area contributed by atoms with Gasteiger partial charge in [-0.3, -0.25) is 9.78 Å². The summed E-state index contributed by atoms with van der Waals surface area (Å²) < 4.78 is 0. The van der Waals surface area contributed by atoms with Crippen LogP contribution in [0.2, 0.25) is 0 Å². The molecule has 26 heavy (non-hydrogen) atoms. The van der Waals surface area contributed by atoms with Crippen molar-refractivity contribution in [2.24, 2.45) is 0 Å². The minimum Gasteiger partial charge on any atom is -0.354 e. The molecule has 3 rings (SSSR count). The highest BCUT2D eigenvalue weighted by atomic mass is 16.1. The lowest BCUT2D eigenvalue weighted by Crippen LogP contribution is -2.05. The molecule has 2 N–H and O–H groups in total. The Balaban J connectivity index is 1.81. The van der Waals surface area contributed by atoms with E-state index in [9.17, 15) is 4.79 Å². The van der Waals surface area contributed by atoms with Gasteiger partial charge in [0.2, 0.25) is 5.91 Å². The van der Waals surface area contributed by atoms with Crippen molar-refractivity contribution < 1.29 is 4.79 Å². The summed E-state index contributed by atoms with van der Waals surface area (Å²) in [5, 5.41) is 6.20. The third-order valence-electron chi connectivity index (χ3n) is 4.12. The molecule has 0 radical (unpaired) electrons. The van der Waals surface area contributed by atoms with Crippen LogP contribution in [0, 0.1) is 0 Å². The lowest BCUT2D eigenvalue weighted by Gasteiger charge is -2.11. The number of benzene rings is 2. The fourth-order valence-corrected chi connectivity index (χ4v) is 2.76. The molecule has 0 bridgehead atoms. The number of carbonyl (C=O) groups excluding carboxylic acids is 1. The van der Waals surface area contributed by atoms with Crippen molar-refractivity contribution in [3.63, 3.8) is 0 Å². The Morgan fingerprint density at radius 1 is 0.885 bits per heavy atom. The molecule has 0 saturated heterocycles. The number of nitrogens with zero attached hydrogens (tertiary/aromatic N) is 1. The van der Waals surface area contributed by atoms with E-state index in [1.807, 2.05) is 30.5 Å². The summed E-state index contributed by atoms with van der Waals surface area (Å²) in [4.78, 5) is 15.6. The first-order valence-corrected chi connectivity index (χ1v) is 8.71. The molecule has 0 saturated carbocycles. The van der Waals surface area contributed by atoms with E-state index in [-0.39, 0.29) is 5.91 Å². The Labute approximate surface area is 154 Å². The highest BCUT2D eigenvalue weighted by Gasteiger charge is 2.04. The van der Waals surface area contributed by atoms with E-state index in [0.29, 0.717) is 5.92 Å². The Kier molecular flexibility index (Phi) is 5.32. The molecule has 0 aliphatic carbocycles. The first-order valence-electron chi connectivity index (χ1n) is 8.71. The van der Waals surface area contributed by atoms with E-state index in [0.717, 1.165) is 28.2 Å². The SMILES string of the molecule is CC(=O)Nc1cccc(-c2cncc(Nc3ccc(C(C)C)cc3)c2)c1. The Hall–Kier alpha value is -3.14. The van der Waals surface area contributed by atoms with Crippen LogP contribution < -0.4 is 10.6 Å². The lowest BCUT2D eigenvalue weighted by molar-refractivity contribution is -0.114. The van der Waals surface area contributed by atoms with Gasteiger partial charge in [0.25, 0.3) is 0 Å². The maximum Gasteiger partial charge on any atom is 0.221 e. The van der Waals surface area contributed by atoms with Gasteiger partial charge >= 0.3 is 0 Å². The molecule has 1 heterocycles. The van der Waals surface area contributed by atoms with Crippen LogP contribution in [0.25, 0.3) is 11.1 Å². The summed E-state index contributed by atoms with van der Waals surface area (Å²) in [6.45, 7) is 5.87.